The maximum absolute atomic E-state index is 12.5. The first-order chi connectivity index (χ1) is 15.5. The number of rotatable bonds is 6. The van der Waals surface area contributed by atoms with E-state index in [-0.39, 0.29) is 6.71 Å². The Morgan fingerprint density at radius 3 is 1.97 bits per heavy atom. The van der Waals surface area contributed by atoms with Crippen LogP contribution in [0.1, 0.15) is 11.1 Å². The van der Waals surface area contributed by atoms with Crippen LogP contribution in [0.4, 0.5) is 13.2 Å². The normalized spacial score (nSPS) is 10.7. The molecule has 6 heteroatoms. The van der Waals surface area contributed by atoms with Gasteiger partial charge < -0.3 is 4.57 Å². The van der Waals surface area contributed by atoms with Crippen LogP contribution in [0.2, 0.25) is 0 Å². The molecule has 0 spiro atoms. The van der Waals surface area contributed by atoms with E-state index >= 15 is 0 Å². The summed E-state index contributed by atoms with van der Waals surface area (Å²) in [6, 6.07) is 25.3. The third kappa shape index (κ3) is 6.74. The lowest BCUT2D eigenvalue weighted by molar-refractivity contribution is -0.137. The van der Waals surface area contributed by atoms with E-state index in [1.807, 2.05) is 55.1 Å². The number of halogens is 3. The van der Waals surface area contributed by atoms with Gasteiger partial charge in [0.2, 0.25) is 6.71 Å². The summed E-state index contributed by atoms with van der Waals surface area (Å²) < 4.78 is 39.6. The SMILES string of the molecule is C=CB(c1ccccc1)c1ccc(C(F)(F)F)cc1.c1ccc(CCn2ccnc2)cc1. The lowest BCUT2D eigenvalue weighted by Gasteiger charge is -2.12. The standard InChI is InChI=1S/C15H12BF3.C11H12N2/c1-2-16(13-6-4-3-5-7-13)14-10-8-12(9-11-14)15(17,18)19;1-2-4-11(5-3-1)6-8-13-9-7-12-10-13/h2-11H,1H2;1-5,7,9-10H,6,8H2. The molecule has 1 heterocycles. The Bertz CT molecular complexity index is 1060. The van der Waals surface area contributed by atoms with Crippen LogP contribution >= 0.6 is 0 Å². The molecule has 0 aliphatic heterocycles. The van der Waals surface area contributed by atoms with Crippen molar-refractivity contribution in [2.75, 3.05) is 0 Å². The third-order valence-corrected chi connectivity index (χ3v) is 5.05. The zero-order chi connectivity index (χ0) is 22.8. The van der Waals surface area contributed by atoms with Crippen LogP contribution in [0.25, 0.3) is 0 Å². The Morgan fingerprint density at radius 1 is 0.844 bits per heavy atom. The Morgan fingerprint density at radius 2 is 1.44 bits per heavy atom. The van der Waals surface area contributed by atoms with Crippen molar-refractivity contribution >= 4 is 17.6 Å². The van der Waals surface area contributed by atoms with Gasteiger partial charge in [0.25, 0.3) is 0 Å². The van der Waals surface area contributed by atoms with Gasteiger partial charge >= 0.3 is 6.18 Å². The van der Waals surface area contributed by atoms with Crippen LogP contribution in [0.3, 0.4) is 0 Å². The Balaban J connectivity index is 0.000000193. The van der Waals surface area contributed by atoms with Crippen LogP contribution in [0.5, 0.6) is 0 Å². The molecule has 3 aromatic carbocycles. The molecule has 162 valence electrons. The number of hydrogen-bond donors (Lipinski definition) is 0. The summed E-state index contributed by atoms with van der Waals surface area (Å²) in [7, 11) is 0. The van der Waals surface area contributed by atoms with Crippen LogP contribution in [0, 0.1) is 0 Å². The predicted molar refractivity (Wildman–Crippen MR) is 125 cm³/mol. The molecule has 0 amide bonds. The second-order valence-electron chi connectivity index (χ2n) is 7.28. The fourth-order valence-electron chi connectivity index (χ4n) is 3.33. The molecule has 2 nitrogen and oxygen atoms in total. The highest BCUT2D eigenvalue weighted by molar-refractivity contribution is 6.89. The molecule has 32 heavy (non-hydrogen) atoms. The molecule has 4 rings (SSSR count). The van der Waals surface area contributed by atoms with Crippen molar-refractivity contribution in [3.63, 3.8) is 0 Å². The van der Waals surface area contributed by atoms with Crippen LogP contribution < -0.4 is 10.9 Å². The minimum absolute atomic E-state index is 0.0940. The molecule has 0 unspecified atom stereocenters. The summed E-state index contributed by atoms with van der Waals surface area (Å²) in [4.78, 5) is 4.00. The van der Waals surface area contributed by atoms with Crippen LogP contribution in [-0.4, -0.2) is 16.3 Å². The molecule has 0 saturated carbocycles. The van der Waals surface area contributed by atoms with Gasteiger partial charge in [-0.15, -0.1) is 12.6 Å². The fraction of sp³-hybridized carbons (Fsp3) is 0.115. The molecular formula is C26H24BF3N2. The first-order valence-electron chi connectivity index (χ1n) is 10.3. The molecule has 0 radical (unpaired) electrons. The smallest absolute Gasteiger partial charge is 0.337 e. The van der Waals surface area contributed by atoms with E-state index in [0.717, 1.165) is 36.0 Å². The molecular weight excluding hydrogens is 408 g/mol. The quantitative estimate of drug-likeness (QED) is 0.385. The van der Waals surface area contributed by atoms with Crippen molar-refractivity contribution in [1.29, 1.82) is 0 Å². The molecule has 0 aliphatic rings. The van der Waals surface area contributed by atoms with Gasteiger partial charge in [0, 0.05) is 18.9 Å². The van der Waals surface area contributed by atoms with Crippen molar-refractivity contribution in [3.05, 3.63) is 127 Å². The number of benzene rings is 3. The summed E-state index contributed by atoms with van der Waals surface area (Å²) in [6.45, 7) is 4.67. The molecule has 4 aromatic rings. The van der Waals surface area contributed by atoms with Gasteiger partial charge in [-0.2, -0.15) is 13.2 Å². The molecule has 0 N–H and O–H groups in total. The maximum atomic E-state index is 12.5. The zero-order valence-corrected chi connectivity index (χ0v) is 17.6. The average molecular weight is 432 g/mol. The van der Waals surface area contributed by atoms with E-state index in [2.05, 4.69) is 40.4 Å². The van der Waals surface area contributed by atoms with E-state index in [9.17, 15) is 13.2 Å². The summed E-state index contributed by atoms with van der Waals surface area (Å²) in [5.41, 5.74) is 2.55. The Labute approximate surface area is 187 Å². The Hall–Kier alpha value is -3.54. The van der Waals surface area contributed by atoms with E-state index < -0.39 is 11.7 Å². The van der Waals surface area contributed by atoms with Gasteiger partial charge in [-0.25, -0.2) is 4.98 Å². The number of imidazole rings is 1. The van der Waals surface area contributed by atoms with Gasteiger partial charge in [0.15, 0.2) is 0 Å². The monoisotopic (exact) mass is 432 g/mol. The zero-order valence-electron chi connectivity index (χ0n) is 17.6. The largest absolute Gasteiger partial charge is 0.416 e. The van der Waals surface area contributed by atoms with Gasteiger partial charge in [0.1, 0.15) is 0 Å². The lowest BCUT2D eigenvalue weighted by Crippen LogP contribution is -2.40. The Kier molecular flexibility index (Phi) is 8.09. The molecule has 0 fully saturated rings. The number of nitrogens with zero attached hydrogens (tertiary/aromatic N) is 2. The minimum atomic E-state index is -4.30. The van der Waals surface area contributed by atoms with E-state index in [1.165, 1.54) is 17.7 Å². The fourth-order valence-corrected chi connectivity index (χ4v) is 3.33. The number of aryl methyl sites for hydroxylation is 2. The van der Waals surface area contributed by atoms with Crippen LogP contribution in [-0.2, 0) is 19.1 Å². The highest BCUT2D eigenvalue weighted by Crippen LogP contribution is 2.28. The van der Waals surface area contributed by atoms with Gasteiger partial charge in [0.05, 0.1) is 11.9 Å². The van der Waals surface area contributed by atoms with Gasteiger partial charge in [-0.3, -0.25) is 0 Å². The lowest BCUT2D eigenvalue weighted by atomic mass is 9.41. The summed E-state index contributed by atoms with van der Waals surface area (Å²) in [5, 5.41) is 0. The van der Waals surface area contributed by atoms with Crippen molar-refractivity contribution in [1.82, 2.24) is 9.55 Å². The molecule has 0 aliphatic carbocycles. The van der Waals surface area contributed by atoms with Gasteiger partial charge in [-0.1, -0.05) is 95.9 Å². The molecule has 0 saturated heterocycles. The summed E-state index contributed by atoms with van der Waals surface area (Å²) in [6.07, 6.45) is 2.42. The first-order valence-corrected chi connectivity index (χ1v) is 10.3. The molecule has 0 atom stereocenters. The second-order valence-corrected chi connectivity index (χ2v) is 7.28. The van der Waals surface area contributed by atoms with Crippen molar-refractivity contribution in [3.8, 4) is 0 Å². The van der Waals surface area contributed by atoms with Crippen molar-refractivity contribution < 1.29 is 13.2 Å². The third-order valence-electron chi connectivity index (χ3n) is 5.05. The van der Waals surface area contributed by atoms with Crippen molar-refractivity contribution in [2.24, 2.45) is 0 Å². The summed E-state index contributed by atoms with van der Waals surface area (Å²) >= 11 is 0. The maximum Gasteiger partial charge on any atom is 0.416 e. The molecule has 0 bridgehead atoms. The van der Waals surface area contributed by atoms with Crippen molar-refractivity contribution in [2.45, 2.75) is 19.1 Å². The molecule has 1 aromatic heterocycles. The number of aromatic nitrogens is 2. The summed E-state index contributed by atoms with van der Waals surface area (Å²) in [5.74, 6) is 1.73. The number of alkyl halides is 3. The van der Waals surface area contributed by atoms with E-state index in [0.29, 0.717) is 0 Å². The topological polar surface area (TPSA) is 17.8 Å². The highest BCUT2D eigenvalue weighted by atomic mass is 19.4. The average Bonchev–Trinajstić information content (AvgIpc) is 3.34. The highest BCUT2D eigenvalue weighted by Gasteiger charge is 2.30. The van der Waals surface area contributed by atoms with Gasteiger partial charge in [-0.05, 0) is 12.0 Å². The van der Waals surface area contributed by atoms with E-state index in [4.69, 9.17) is 0 Å². The predicted octanol–water partition coefficient (Wildman–Crippen LogP) is 5.17. The number of hydrogen-bond acceptors (Lipinski definition) is 1. The second kappa shape index (κ2) is 11.2. The minimum Gasteiger partial charge on any atom is -0.337 e. The first kappa shape index (κ1) is 23.1. The van der Waals surface area contributed by atoms with E-state index in [1.54, 1.807) is 5.98 Å². The van der Waals surface area contributed by atoms with Crippen LogP contribution in [0.15, 0.2) is 116 Å².